The van der Waals surface area contributed by atoms with Crippen LogP contribution in [0.15, 0.2) is 18.2 Å². The van der Waals surface area contributed by atoms with Crippen molar-refractivity contribution in [3.63, 3.8) is 0 Å². The number of halogens is 4. The summed E-state index contributed by atoms with van der Waals surface area (Å²) >= 11 is 5.87. The standard InChI is InChI=1S/C12H13ClF3N/c13-11-6-10(14)3-2-9(11)7-17-5-1-4-12(15,16)8-17/h2-3,6H,1,4-5,7-8H2. The maximum Gasteiger partial charge on any atom is 0.260 e. The van der Waals surface area contributed by atoms with Gasteiger partial charge in [-0.2, -0.15) is 0 Å². The van der Waals surface area contributed by atoms with E-state index in [0.29, 0.717) is 30.1 Å². The van der Waals surface area contributed by atoms with Gasteiger partial charge >= 0.3 is 0 Å². The minimum atomic E-state index is -2.62. The molecule has 0 N–H and O–H groups in total. The lowest BCUT2D eigenvalue weighted by Crippen LogP contribution is -2.42. The van der Waals surface area contributed by atoms with E-state index in [-0.39, 0.29) is 13.0 Å². The Balaban J connectivity index is 2.05. The zero-order chi connectivity index (χ0) is 12.5. The highest BCUT2D eigenvalue weighted by molar-refractivity contribution is 6.31. The Hall–Kier alpha value is -0.740. The summed E-state index contributed by atoms with van der Waals surface area (Å²) in [6, 6.07) is 4.05. The minimum absolute atomic E-state index is 0.0549. The molecule has 0 atom stereocenters. The van der Waals surface area contributed by atoms with Crippen LogP contribution in [0, 0.1) is 5.82 Å². The number of likely N-dealkylation sites (tertiary alicyclic amines) is 1. The fourth-order valence-electron chi connectivity index (χ4n) is 2.07. The van der Waals surface area contributed by atoms with E-state index in [2.05, 4.69) is 0 Å². The molecule has 1 nitrogen and oxygen atoms in total. The molecule has 1 aromatic carbocycles. The molecule has 1 saturated heterocycles. The smallest absolute Gasteiger partial charge is 0.260 e. The average Bonchev–Trinajstić information content (AvgIpc) is 2.21. The van der Waals surface area contributed by atoms with Crippen LogP contribution in [0.4, 0.5) is 13.2 Å². The Labute approximate surface area is 103 Å². The van der Waals surface area contributed by atoms with Gasteiger partial charge in [-0.25, -0.2) is 13.2 Å². The molecule has 0 aliphatic carbocycles. The highest BCUT2D eigenvalue weighted by Gasteiger charge is 2.35. The summed E-state index contributed by atoms with van der Waals surface area (Å²) in [5.74, 6) is -3.03. The zero-order valence-electron chi connectivity index (χ0n) is 9.23. The fourth-order valence-corrected chi connectivity index (χ4v) is 2.30. The number of hydrogen-bond donors (Lipinski definition) is 0. The van der Waals surface area contributed by atoms with Gasteiger partial charge in [0.05, 0.1) is 6.54 Å². The normalized spacial score (nSPS) is 20.5. The van der Waals surface area contributed by atoms with Crippen molar-refractivity contribution in [3.05, 3.63) is 34.6 Å². The molecule has 1 fully saturated rings. The van der Waals surface area contributed by atoms with Crippen molar-refractivity contribution in [1.29, 1.82) is 0 Å². The molecule has 0 amide bonds. The van der Waals surface area contributed by atoms with E-state index < -0.39 is 11.7 Å². The maximum atomic E-state index is 13.2. The third-order valence-corrected chi connectivity index (χ3v) is 3.23. The van der Waals surface area contributed by atoms with Gasteiger partial charge in [0, 0.05) is 18.0 Å². The molecule has 1 aromatic rings. The van der Waals surface area contributed by atoms with Crippen LogP contribution in [0.3, 0.4) is 0 Å². The molecule has 1 aliphatic rings. The molecule has 17 heavy (non-hydrogen) atoms. The number of hydrogen-bond acceptors (Lipinski definition) is 1. The maximum absolute atomic E-state index is 13.2. The quantitative estimate of drug-likeness (QED) is 0.786. The molecule has 94 valence electrons. The summed E-state index contributed by atoms with van der Waals surface area (Å²) in [6.45, 7) is 0.721. The van der Waals surface area contributed by atoms with Crippen LogP contribution in [0.25, 0.3) is 0 Å². The third-order valence-electron chi connectivity index (χ3n) is 2.88. The fraction of sp³-hybridized carbons (Fsp3) is 0.500. The van der Waals surface area contributed by atoms with Gasteiger partial charge in [0.2, 0.25) is 0 Å². The van der Waals surface area contributed by atoms with E-state index in [1.54, 1.807) is 11.0 Å². The van der Waals surface area contributed by atoms with Gasteiger partial charge in [0.1, 0.15) is 5.82 Å². The molecule has 0 radical (unpaired) electrons. The number of nitrogens with zero attached hydrogens (tertiary/aromatic N) is 1. The Bertz CT molecular complexity index is 409. The molecule has 1 aliphatic heterocycles. The van der Waals surface area contributed by atoms with Gasteiger partial charge in [0.15, 0.2) is 0 Å². The van der Waals surface area contributed by atoms with Crippen LogP contribution in [-0.4, -0.2) is 23.9 Å². The SMILES string of the molecule is Fc1ccc(CN2CCCC(F)(F)C2)c(Cl)c1. The summed E-state index contributed by atoms with van der Waals surface area (Å²) < 4.78 is 39.2. The number of alkyl halides is 2. The van der Waals surface area contributed by atoms with E-state index in [1.807, 2.05) is 0 Å². The van der Waals surface area contributed by atoms with Crippen molar-refractivity contribution in [1.82, 2.24) is 4.90 Å². The predicted octanol–water partition coefficient (Wildman–Crippen LogP) is 3.71. The first-order chi connectivity index (χ1) is 7.96. The molecule has 2 rings (SSSR count). The van der Waals surface area contributed by atoms with Gasteiger partial charge in [-0.05, 0) is 30.7 Å². The minimum Gasteiger partial charge on any atom is -0.293 e. The van der Waals surface area contributed by atoms with Crippen molar-refractivity contribution in [2.75, 3.05) is 13.1 Å². The van der Waals surface area contributed by atoms with Gasteiger partial charge in [-0.15, -0.1) is 0 Å². The van der Waals surface area contributed by atoms with Crippen LogP contribution in [-0.2, 0) is 6.54 Å². The van der Waals surface area contributed by atoms with Crippen molar-refractivity contribution >= 4 is 11.6 Å². The topological polar surface area (TPSA) is 3.24 Å². The lowest BCUT2D eigenvalue weighted by Gasteiger charge is -2.32. The highest BCUT2D eigenvalue weighted by Crippen LogP contribution is 2.28. The summed E-state index contributed by atoms with van der Waals surface area (Å²) in [4.78, 5) is 1.66. The van der Waals surface area contributed by atoms with Gasteiger partial charge < -0.3 is 0 Å². The van der Waals surface area contributed by atoms with E-state index in [0.717, 1.165) is 0 Å². The van der Waals surface area contributed by atoms with Crippen LogP contribution < -0.4 is 0 Å². The lowest BCUT2D eigenvalue weighted by atomic mass is 10.1. The monoisotopic (exact) mass is 263 g/mol. The molecular weight excluding hydrogens is 251 g/mol. The Morgan fingerprint density at radius 2 is 2.12 bits per heavy atom. The summed E-state index contributed by atoms with van der Waals surface area (Å²) in [5, 5.41) is 0.291. The van der Waals surface area contributed by atoms with Gasteiger partial charge in [-0.3, -0.25) is 4.90 Å². The average molecular weight is 264 g/mol. The molecule has 0 spiro atoms. The van der Waals surface area contributed by atoms with Crippen molar-refractivity contribution in [3.8, 4) is 0 Å². The second-order valence-corrected chi connectivity index (χ2v) is 4.81. The van der Waals surface area contributed by atoms with E-state index >= 15 is 0 Å². The highest BCUT2D eigenvalue weighted by atomic mass is 35.5. The third kappa shape index (κ3) is 3.36. The molecule has 0 aromatic heterocycles. The van der Waals surface area contributed by atoms with Gasteiger partial charge in [0.25, 0.3) is 5.92 Å². The van der Waals surface area contributed by atoms with E-state index in [4.69, 9.17) is 11.6 Å². The molecule has 5 heteroatoms. The molecule has 1 heterocycles. The van der Waals surface area contributed by atoms with Crippen molar-refractivity contribution in [2.24, 2.45) is 0 Å². The number of benzene rings is 1. The first kappa shape index (κ1) is 12.7. The zero-order valence-corrected chi connectivity index (χ0v) is 9.98. The van der Waals surface area contributed by atoms with Gasteiger partial charge in [-0.1, -0.05) is 17.7 Å². The van der Waals surface area contributed by atoms with E-state index in [1.165, 1.54) is 12.1 Å². The first-order valence-corrected chi connectivity index (χ1v) is 5.88. The van der Waals surface area contributed by atoms with Crippen LogP contribution >= 0.6 is 11.6 Å². The molecule has 0 unspecified atom stereocenters. The molecule has 0 bridgehead atoms. The predicted molar refractivity (Wildman–Crippen MR) is 60.9 cm³/mol. The molecule has 0 saturated carbocycles. The Morgan fingerprint density at radius 1 is 1.35 bits per heavy atom. The van der Waals surface area contributed by atoms with Crippen molar-refractivity contribution < 1.29 is 13.2 Å². The lowest BCUT2D eigenvalue weighted by molar-refractivity contribution is -0.0661. The van der Waals surface area contributed by atoms with Crippen LogP contribution in [0.5, 0.6) is 0 Å². The summed E-state index contributed by atoms with van der Waals surface area (Å²) in [5.41, 5.74) is 0.686. The van der Waals surface area contributed by atoms with Crippen LogP contribution in [0.2, 0.25) is 5.02 Å². The Kier molecular flexibility index (Phi) is 3.64. The van der Waals surface area contributed by atoms with Crippen LogP contribution in [0.1, 0.15) is 18.4 Å². The molecular formula is C12H13ClF3N. The summed E-state index contributed by atoms with van der Waals surface area (Å²) in [7, 11) is 0. The first-order valence-electron chi connectivity index (χ1n) is 5.50. The van der Waals surface area contributed by atoms with E-state index in [9.17, 15) is 13.2 Å². The Morgan fingerprint density at radius 3 is 2.76 bits per heavy atom. The number of rotatable bonds is 2. The number of piperidine rings is 1. The largest absolute Gasteiger partial charge is 0.293 e. The van der Waals surface area contributed by atoms with Crippen molar-refractivity contribution in [2.45, 2.75) is 25.3 Å². The second-order valence-electron chi connectivity index (χ2n) is 4.41. The summed E-state index contributed by atoms with van der Waals surface area (Å²) in [6.07, 6.45) is 0.423. The second kappa shape index (κ2) is 4.86.